The SMILES string of the molecule is CC1C[C@H]2CC(=O)[C@@]3(O)CCCN4CCC[C@H]2[C@@]43C1. The van der Waals surface area contributed by atoms with E-state index in [1.165, 1.54) is 19.3 Å². The fourth-order valence-corrected chi connectivity index (χ4v) is 6.18. The van der Waals surface area contributed by atoms with Crippen molar-refractivity contribution in [3.63, 3.8) is 0 Å². The van der Waals surface area contributed by atoms with E-state index in [9.17, 15) is 9.90 Å². The molecule has 3 nitrogen and oxygen atoms in total. The predicted octanol–water partition coefficient (Wildman–Crippen LogP) is 1.98. The van der Waals surface area contributed by atoms with Crippen LogP contribution in [-0.4, -0.2) is 40.0 Å². The quantitative estimate of drug-likeness (QED) is 0.726. The molecule has 4 fully saturated rings. The van der Waals surface area contributed by atoms with Crippen molar-refractivity contribution in [2.45, 2.75) is 63.0 Å². The van der Waals surface area contributed by atoms with Gasteiger partial charge < -0.3 is 5.11 Å². The smallest absolute Gasteiger partial charge is 0.166 e. The minimum absolute atomic E-state index is 0.159. The largest absolute Gasteiger partial charge is 0.380 e. The maximum Gasteiger partial charge on any atom is 0.166 e. The Morgan fingerprint density at radius 1 is 1.32 bits per heavy atom. The van der Waals surface area contributed by atoms with Crippen LogP contribution in [0.15, 0.2) is 0 Å². The summed E-state index contributed by atoms with van der Waals surface area (Å²) in [6.07, 6.45) is 7.04. The van der Waals surface area contributed by atoms with E-state index >= 15 is 0 Å². The number of piperidine rings is 2. The van der Waals surface area contributed by atoms with Gasteiger partial charge in [0.1, 0.15) is 5.60 Å². The van der Waals surface area contributed by atoms with E-state index in [2.05, 4.69) is 11.8 Å². The molecule has 2 heterocycles. The van der Waals surface area contributed by atoms with Gasteiger partial charge in [0.05, 0.1) is 5.54 Å². The molecule has 4 rings (SSSR count). The van der Waals surface area contributed by atoms with Gasteiger partial charge in [-0.2, -0.15) is 0 Å². The van der Waals surface area contributed by atoms with E-state index in [1.54, 1.807) is 0 Å². The fraction of sp³-hybridized carbons (Fsp3) is 0.938. The lowest BCUT2D eigenvalue weighted by Gasteiger charge is -2.68. The average molecular weight is 263 g/mol. The molecule has 19 heavy (non-hydrogen) atoms. The number of carbonyl (C=O) groups is 1. The monoisotopic (exact) mass is 263 g/mol. The first-order valence-corrected chi connectivity index (χ1v) is 8.09. The second kappa shape index (κ2) is 3.82. The molecule has 1 spiro atoms. The van der Waals surface area contributed by atoms with E-state index in [4.69, 9.17) is 0 Å². The Labute approximate surface area is 115 Å². The Morgan fingerprint density at radius 3 is 2.95 bits per heavy atom. The topological polar surface area (TPSA) is 40.5 Å². The van der Waals surface area contributed by atoms with E-state index < -0.39 is 5.60 Å². The Kier molecular flexibility index (Phi) is 2.48. The average Bonchev–Trinajstić information content (AvgIpc) is 2.36. The Bertz CT molecular complexity index is 421. The van der Waals surface area contributed by atoms with Gasteiger partial charge in [-0.1, -0.05) is 6.92 Å². The number of rotatable bonds is 0. The highest BCUT2D eigenvalue weighted by molar-refractivity contribution is 5.90. The van der Waals surface area contributed by atoms with Gasteiger partial charge >= 0.3 is 0 Å². The minimum atomic E-state index is -1.03. The molecule has 4 aliphatic rings. The normalized spacial score (nSPS) is 53.8. The van der Waals surface area contributed by atoms with Gasteiger partial charge in [-0.15, -0.1) is 0 Å². The molecule has 5 atom stereocenters. The van der Waals surface area contributed by atoms with Gasteiger partial charge in [0, 0.05) is 6.42 Å². The fourth-order valence-electron chi connectivity index (χ4n) is 6.18. The van der Waals surface area contributed by atoms with Gasteiger partial charge in [0.2, 0.25) is 0 Å². The van der Waals surface area contributed by atoms with Crippen LogP contribution in [0.5, 0.6) is 0 Å². The van der Waals surface area contributed by atoms with Gasteiger partial charge in [-0.3, -0.25) is 9.69 Å². The predicted molar refractivity (Wildman–Crippen MR) is 72.7 cm³/mol. The van der Waals surface area contributed by atoms with Crippen molar-refractivity contribution in [2.75, 3.05) is 13.1 Å². The summed E-state index contributed by atoms with van der Waals surface area (Å²) in [5, 5.41) is 11.3. The molecule has 1 N–H and O–H groups in total. The van der Waals surface area contributed by atoms with Crippen molar-refractivity contribution in [1.82, 2.24) is 4.90 Å². The summed E-state index contributed by atoms with van der Waals surface area (Å²) in [6.45, 7) is 4.49. The summed E-state index contributed by atoms with van der Waals surface area (Å²) in [6, 6.07) is 0. The van der Waals surface area contributed by atoms with E-state index in [0.717, 1.165) is 25.9 Å². The number of aliphatic hydroxyl groups is 1. The number of ketones is 1. The van der Waals surface area contributed by atoms with Crippen LogP contribution in [0.3, 0.4) is 0 Å². The van der Waals surface area contributed by atoms with Crippen LogP contribution in [0, 0.1) is 17.8 Å². The highest BCUT2D eigenvalue weighted by Gasteiger charge is 2.69. The first-order chi connectivity index (χ1) is 9.08. The Balaban J connectivity index is 1.88. The standard InChI is InChI=1S/C16H25NO2/c1-11-8-12-9-14(18)16(19)5-3-7-17-6-2-4-13(12)15(16,17)10-11/h11-13,19H,2-10H2,1H3/t11?,12-,13+,15+,16-/m0/s1. The highest BCUT2D eigenvalue weighted by Crippen LogP contribution is 2.60. The van der Waals surface area contributed by atoms with Gasteiger partial charge in [-0.05, 0) is 69.4 Å². The molecule has 0 aromatic heterocycles. The second-order valence-corrected chi connectivity index (χ2v) is 7.56. The third kappa shape index (κ3) is 1.33. The molecule has 2 saturated heterocycles. The Morgan fingerprint density at radius 2 is 2.11 bits per heavy atom. The summed E-state index contributed by atoms with van der Waals surface area (Å²) in [7, 11) is 0. The zero-order chi connectivity index (χ0) is 13.3. The lowest BCUT2D eigenvalue weighted by atomic mass is 9.47. The molecule has 0 aromatic rings. The Hall–Kier alpha value is -0.410. The number of Topliss-reactive ketones (excluding diaryl/α,β-unsaturated/α-hetero) is 1. The summed E-state index contributed by atoms with van der Waals surface area (Å²) in [4.78, 5) is 15.1. The molecule has 2 aliphatic carbocycles. The van der Waals surface area contributed by atoms with Crippen LogP contribution >= 0.6 is 0 Å². The van der Waals surface area contributed by atoms with Gasteiger partial charge in [-0.25, -0.2) is 0 Å². The van der Waals surface area contributed by atoms with Crippen LogP contribution in [0.1, 0.15) is 51.9 Å². The molecule has 0 radical (unpaired) electrons. The van der Waals surface area contributed by atoms with Gasteiger partial charge in [0.15, 0.2) is 5.78 Å². The molecule has 3 heteroatoms. The van der Waals surface area contributed by atoms with E-state index in [0.29, 0.717) is 30.6 Å². The van der Waals surface area contributed by atoms with Crippen molar-refractivity contribution in [2.24, 2.45) is 17.8 Å². The van der Waals surface area contributed by atoms with Crippen LogP contribution in [0.25, 0.3) is 0 Å². The molecule has 2 bridgehead atoms. The van der Waals surface area contributed by atoms with Crippen molar-refractivity contribution in [3.8, 4) is 0 Å². The molecular formula is C16H25NO2. The van der Waals surface area contributed by atoms with E-state index in [1.807, 2.05) is 0 Å². The molecule has 2 aliphatic heterocycles. The highest BCUT2D eigenvalue weighted by atomic mass is 16.3. The first kappa shape index (κ1) is 12.3. The third-order valence-electron chi connectivity index (χ3n) is 6.65. The summed E-state index contributed by atoms with van der Waals surface area (Å²) >= 11 is 0. The molecule has 1 unspecified atom stereocenters. The maximum atomic E-state index is 12.6. The zero-order valence-corrected chi connectivity index (χ0v) is 11.9. The molecule has 2 saturated carbocycles. The second-order valence-electron chi connectivity index (χ2n) is 7.56. The number of nitrogens with zero attached hydrogens (tertiary/aromatic N) is 1. The van der Waals surface area contributed by atoms with Crippen LogP contribution in [-0.2, 0) is 4.79 Å². The summed E-state index contributed by atoms with van der Waals surface area (Å²) in [5.74, 6) is 1.92. The lowest BCUT2D eigenvalue weighted by molar-refractivity contribution is -0.230. The van der Waals surface area contributed by atoms with Crippen LogP contribution < -0.4 is 0 Å². The minimum Gasteiger partial charge on any atom is -0.380 e. The van der Waals surface area contributed by atoms with Gasteiger partial charge in [0.25, 0.3) is 0 Å². The molecule has 106 valence electrons. The summed E-state index contributed by atoms with van der Waals surface area (Å²) < 4.78 is 0. The van der Waals surface area contributed by atoms with Crippen molar-refractivity contribution >= 4 is 5.78 Å². The van der Waals surface area contributed by atoms with Crippen LogP contribution in [0.2, 0.25) is 0 Å². The number of hydrogen-bond donors (Lipinski definition) is 1. The van der Waals surface area contributed by atoms with Crippen molar-refractivity contribution < 1.29 is 9.90 Å². The van der Waals surface area contributed by atoms with Crippen molar-refractivity contribution in [3.05, 3.63) is 0 Å². The first-order valence-electron chi connectivity index (χ1n) is 8.09. The third-order valence-corrected chi connectivity index (χ3v) is 6.65. The summed E-state index contributed by atoms with van der Waals surface area (Å²) in [5.41, 5.74) is -1.22. The molecular weight excluding hydrogens is 238 g/mol. The molecule has 0 aromatic carbocycles. The number of hydrogen-bond acceptors (Lipinski definition) is 3. The van der Waals surface area contributed by atoms with Crippen LogP contribution in [0.4, 0.5) is 0 Å². The maximum absolute atomic E-state index is 12.6. The molecule has 0 amide bonds. The zero-order valence-electron chi connectivity index (χ0n) is 11.9. The lowest BCUT2D eigenvalue weighted by Crippen LogP contribution is -2.79. The van der Waals surface area contributed by atoms with E-state index in [-0.39, 0.29) is 11.3 Å². The van der Waals surface area contributed by atoms with Crippen molar-refractivity contribution in [1.29, 1.82) is 0 Å². The number of carbonyl (C=O) groups excluding carboxylic acids is 1.